The van der Waals surface area contributed by atoms with Gasteiger partial charge in [-0.05, 0) is 33.6 Å². The van der Waals surface area contributed by atoms with Gasteiger partial charge in [0.2, 0.25) is 0 Å². The van der Waals surface area contributed by atoms with E-state index in [4.69, 9.17) is 0 Å². The lowest BCUT2D eigenvalue weighted by molar-refractivity contribution is 0.682. The minimum atomic E-state index is -0.0792. The van der Waals surface area contributed by atoms with Gasteiger partial charge in [0.05, 0.1) is 0 Å². The lowest BCUT2D eigenvalue weighted by Crippen LogP contribution is -2.15. The Morgan fingerprint density at radius 3 is 2.17 bits per heavy atom. The zero-order chi connectivity index (χ0) is 8.97. The minimum absolute atomic E-state index is 0.0792. The molecular weight excluding hydrogens is 165 g/mol. The molecule has 1 rings (SSSR count). The van der Waals surface area contributed by atoms with E-state index in [9.17, 15) is 0 Å². The van der Waals surface area contributed by atoms with Crippen LogP contribution in [0.3, 0.4) is 0 Å². The van der Waals surface area contributed by atoms with Crippen LogP contribution in [0.1, 0.15) is 6.92 Å². The van der Waals surface area contributed by atoms with E-state index in [1.165, 1.54) is 11.5 Å². The van der Waals surface area contributed by atoms with Crippen molar-refractivity contribution in [2.24, 2.45) is 0 Å². The number of hydrogen-bond donors (Lipinski definition) is 0. The van der Waals surface area contributed by atoms with Crippen LogP contribution in [0.25, 0.3) is 0 Å². The van der Waals surface area contributed by atoms with Gasteiger partial charge in [0.25, 0.3) is 0 Å². The maximum absolute atomic E-state index is 2.32. The van der Waals surface area contributed by atoms with Crippen molar-refractivity contribution in [3.8, 4) is 0 Å². The van der Waals surface area contributed by atoms with E-state index in [0.29, 0.717) is 0 Å². The molecule has 1 atom stereocenters. The van der Waals surface area contributed by atoms with Crippen molar-refractivity contribution >= 4 is 13.4 Å². The molecule has 0 aliphatic heterocycles. The average molecular weight is 181 g/mol. The molecule has 0 aromatic heterocycles. The lowest BCUT2D eigenvalue weighted by atomic mass is 10.4. The standard InChI is InChI=1S/C10H16NP/c1-4-12(11(2)3)10-8-6-5-7-9-10/h5-9H,4H2,1-3H3. The number of rotatable bonds is 3. The van der Waals surface area contributed by atoms with Gasteiger partial charge in [-0.3, -0.25) is 4.67 Å². The van der Waals surface area contributed by atoms with E-state index in [-0.39, 0.29) is 8.07 Å². The van der Waals surface area contributed by atoms with Crippen molar-refractivity contribution in [1.29, 1.82) is 0 Å². The molecule has 66 valence electrons. The molecule has 0 saturated heterocycles. The summed E-state index contributed by atoms with van der Waals surface area (Å²) >= 11 is 0. The highest BCUT2D eigenvalue weighted by Gasteiger charge is 2.09. The third-order valence-electron chi connectivity index (χ3n) is 1.84. The van der Waals surface area contributed by atoms with Gasteiger partial charge in [0.1, 0.15) is 0 Å². The van der Waals surface area contributed by atoms with E-state index < -0.39 is 0 Å². The smallest absolute Gasteiger partial charge is 0.00485 e. The fourth-order valence-corrected chi connectivity index (χ4v) is 3.21. The summed E-state index contributed by atoms with van der Waals surface area (Å²) in [6.07, 6.45) is 1.23. The second kappa shape index (κ2) is 4.59. The second-order valence-electron chi connectivity index (χ2n) is 2.90. The summed E-state index contributed by atoms with van der Waals surface area (Å²) in [5.41, 5.74) is 0. The van der Waals surface area contributed by atoms with Crippen LogP contribution in [0.5, 0.6) is 0 Å². The van der Waals surface area contributed by atoms with Gasteiger partial charge in [0.15, 0.2) is 0 Å². The summed E-state index contributed by atoms with van der Waals surface area (Å²) in [6, 6.07) is 10.7. The molecule has 0 aliphatic carbocycles. The molecule has 12 heavy (non-hydrogen) atoms. The van der Waals surface area contributed by atoms with E-state index >= 15 is 0 Å². The van der Waals surface area contributed by atoms with Crippen LogP contribution in [-0.4, -0.2) is 24.9 Å². The molecule has 0 spiro atoms. The van der Waals surface area contributed by atoms with Gasteiger partial charge >= 0.3 is 0 Å². The van der Waals surface area contributed by atoms with Crippen LogP contribution in [0.15, 0.2) is 30.3 Å². The molecule has 1 nitrogen and oxygen atoms in total. The summed E-state index contributed by atoms with van der Waals surface area (Å²) in [5, 5.41) is 1.47. The molecule has 0 amide bonds. The molecule has 0 bridgehead atoms. The van der Waals surface area contributed by atoms with Gasteiger partial charge in [0, 0.05) is 0 Å². The molecular formula is C10H16NP. The van der Waals surface area contributed by atoms with E-state index in [2.05, 4.69) is 56.0 Å². The van der Waals surface area contributed by atoms with Crippen molar-refractivity contribution in [3.05, 3.63) is 30.3 Å². The Morgan fingerprint density at radius 1 is 1.17 bits per heavy atom. The predicted molar refractivity (Wildman–Crippen MR) is 57.2 cm³/mol. The zero-order valence-electron chi connectivity index (χ0n) is 7.99. The van der Waals surface area contributed by atoms with Crippen LogP contribution in [0, 0.1) is 0 Å². The van der Waals surface area contributed by atoms with E-state index in [1.54, 1.807) is 0 Å². The fraction of sp³-hybridized carbons (Fsp3) is 0.400. The highest BCUT2D eigenvalue weighted by Crippen LogP contribution is 2.35. The molecule has 0 saturated carbocycles. The van der Waals surface area contributed by atoms with Crippen molar-refractivity contribution in [1.82, 2.24) is 4.67 Å². The van der Waals surface area contributed by atoms with Crippen LogP contribution in [-0.2, 0) is 0 Å². The summed E-state index contributed by atoms with van der Waals surface area (Å²) in [6.45, 7) is 2.25. The first-order valence-corrected chi connectivity index (χ1v) is 5.73. The highest BCUT2D eigenvalue weighted by atomic mass is 31.1. The first kappa shape index (κ1) is 9.70. The highest BCUT2D eigenvalue weighted by molar-refractivity contribution is 7.63. The predicted octanol–water partition coefficient (Wildman–Crippen LogP) is 2.29. The Morgan fingerprint density at radius 2 is 1.75 bits per heavy atom. The quantitative estimate of drug-likeness (QED) is 0.647. The third-order valence-corrected chi connectivity index (χ3v) is 4.30. The van der Waals surface area contributed by atoms with Crippen molar-refractivity contribution < 1.29 is 0 Å². The van der Waals surface area contributed by atoms with Crippen LogP contribution < -0.4 is 5.30 Å². The monoisotopic (exact) mass is 181 g/mol. The van der Waals surface area contributed by atoms with Crippen LogP contribution >= 0.6 is 8.07 Å². The summed E-state index contributed by atoms with van der Waals surface area (Å²) in [7, 11) is 4.23. The molecule has 0 fully saturated rings. The number of hydrogen-bond acceptors (Lipinski definition) is 1. The average Bonchev–Trinajstić information content (AvgIpc) is 2.07. The molecule has 2 heteroatoms. The van der Waals surface area contributed by atoms with Gasteiger partial charge in [-0.1, -0.05) is 37.3 Å². The van der Waals surface area contributed by atoms with Crippen LogP contribution in [0.4, 0.5) is 0 Å². The molecule has 0 radical (unpaired) electrons. The Bertz CT molecular complexity index is 221. The van der Waals surface area contributed by atoms with Crippen LogP contribution in [0.2, 0.25) is 0 Å². The van der Waals surface area contributed by atoms with Gasteiger partial charge < -0.3 is 0 Å². The van der Waals surface area contributed by atoms with E-state index in [1.807, 2.05) is 0 Å². The third kappa shape index (κ3) is 2.30. The second-order valence-corrected chi connectivity index (χ2v) is 5.65. The molecule has 0 N–H and O–H groups in total. The molecule has 1 aromatic carbocycles. The largest absolute Gasteiger partial charge is 0.285 e. The molecule has 0 aliphatic rings. The molecule has 0 heterocycles. The first-order chi connectivity index (χ1) is 5.75. The summed E-state index contributed by atoms with van der Waals surface area (Å²) in [5.74, 6) is 0. The normalized spacial score (nSPS) is 13.3. The molecule has 1 aromatic rings. The topological polar surface area (TPSA) is 3.24 Å². The number of nitrogens with zero attached hydrogens (tertiary/aromatic N) is 1. The Labute approximate surface area is 76.2 Å². The maximum atomic E-state index is 2.32. The Kier molecular flexibility index (Phi) is 3.71. The maximum Gasteiger partial charge on any atom is -0.00485 e. The Balaban J connectivity index is 2.80. The van der Waals surface area contributed by atoms with Gasteiger partial charge in [-0.25, -0.2) is 0 Å². The lowest BCUT2D eigenvalue weighted by Gasteiger charge is -2.23. The summed E-state index contributed by atoms with van der Waals surface area (Å²) < 4.78 is 2.32. The van der Waals surface area contributed by atoms with Gasteiger partial charge in [-0.15, -0.1) is 0 Å². The van der Waals surface area contributed by atoms with Crippen molar-refractivity contribution in [3.63, 3.8) is 0 Å². The van der Waals surface area contributed by atoms with Crippen molar-refractivity contribution in [2.45, 2.75) is 6.92 Å². The zero-order valence-corrected chi connectivity index (χ0v) is 8.88. The molecule has 1 unspecified atom stereocenters. The van der Waals surface area contributed by atoms with E-state index in [0.717, 1.165) is 0 Å². The van der Waals surface area contributed by atoms with Crippen molar-refractivity contribution in [2.75, 3.05) is 20.3 Å². The summed E-state index contributed by atoms with van der Waals surface area (Å²) in [4.78, 5) is 0. The minimum Gasteiger partial charge on any atom is -0.285 e. The SMILES string of the molecule is CCP(c1ccccc1)N(C)C. The van der Waals surface area contributed by atoms with Gasteiger partial charge in [-0.2, -0.15) is 0 Å². The Hall–Kier alpha value is -0.390. The number of benzene rings is 1. The fourth-order valence-electron chi connectivity index (χ4n) is 1.30. The first-order valence-electron chi connectivity index (χ1n) is 4.25.